The Morgan fingerprint density at radius 1 is 1.00 bits per heavy atom. The molecule has 0 fully saturated rings. The maximum atomic E-state index is 10.5. The first-order chi connectivity index (χ1) is 11.5. The molecule has 0 aliphatic rings. The van der Waals surface area contributed by atoms with E-state index in [2.05, 4.69) is 15.4 Å². The van der Waals surface area contributed by atoms with E-state index in [0.717, 1.165) is 11.1 Å². The van der Waals surface area contributed by atoms with E-state index >= 15 is 0 Å². The molecule has 0 amide bonds. The van der Waals surface area contributed by atoms with Gasteiger partial charge in [0.25, 0.3) is 0 Å². The first kappa shape index (κ1) is 17.1. The predicted octanol–water partition coefficient (Wildman–Crippen LogP) is 3.01. The van der Waals surface area contributed by atoms with E-state index in [-0.39, 0.29) is 12.2 Å². The van der Waals surface area contributed by atoms with Crippen LogP contribution < -0.4 is 5.73 Å². The summed E-state index contributed by atoms with van der Waals surface area (Å²) in [7, 11) is 0. The number of aryl methyl sites for hydroxylation is 1. The van der Waals surface area contributed by atoms with Crippen LogP contribution >= 0.6 is 0 Å². The standard InChI is InChI=1S/C17H18N4O3/c18-16(11-13-3-8-15(22)9-4-13)20-21-19-14-6-1-12(2-7-14)5-10-17(23)24/h1-4,6-9,22H,5,10-11H2,(H,23,24)(H2,18,19,20). The molecule has 7 nitrogen and oxygen atoms in total. The summed E-state index contributed by atoms with van der Waals surface area (Å²) in [6.45, 7) is 0. The van der Waals surface area contributed by atoms with E-state index in [0.29, 0.717) is 24.4 Å². The van der Waals surface area contributed by atoms with Gasteiger partial charge in [-0.05, 0) is 47.0 Å². The van der Waals surface area contributed by atoms with Gasteiger partial charge >= 0.3 is 5.97 Å². The number of hydrogen-bond donors (Lipinski definition) is 3. The summed E-state index contributed by atoms with van der Waals surface area (Å²) >= 11 is 0. The molecule has 0 saturated heterocycles. The van der Waals surface area contributed by atoms with Gasteiger partial charge in [-0.1, -0.05) is 24.3 Å². The molecule has 24 heavy (non-hydrogen) atoms. The van der Waals surface area contributed by atoms with Crippen LogP contribution in [0.4, 0.5) is 5.69 Å². The second-order valence-electron chi connectivity index (χ2n) is 5.18. The number of rotatable bonds is 7. The van der Waals surface area contributed by atoms with Gasteiger partial charge in [0.05, 0.1) is 5.69 Å². The van der Waals surface area contributed by atoms with Gasteiger partial charge in [0.15, 0.2) is 0 Å². The van der Waals surface area contributed by atoms with Crippen molar-refractivity contribution in [2.45, 2.75) is 19.3 Å². The summed E-state index contributed by atoms with van der Waals surface area (Å²) in [5.74, 6) is -0.319. The molecule has 0 saturated carbocycles. The zero-order chi connectivity index (χ0) is 17.4. The fourth-order valence-electron chi connectivity index (χ4n) is 1.97. The van der Waals surface area contributed by atoms with Gasteiger partial charge in [-0.15, -0.1) is 10.2 Å². The van der Waals surface area contributed by atoms with Crippen LogP contribution in [0.15, 0.2) is 64.0 Å². The van der Waals surface area contributed by atoms with Crippen molar-refractivity contribution in [3.8, 4) is 5.75 Å². The number of hydrogen-bond acceptors (Lipinski definition) is 4. The topological polar surface area (TPSA) is 121 Å². The lowest BCUT2D eigenvalue weighted by molar-refractivity contribution is -0.136. The van der Waals surface area contributed by atoms with Gasteiger partial charge in [0, 0.05) is 12.8 Å². The zero-order valence-corrected chi connectivity index (χ0v) is 13.0. The normalized spacial score (nSPS) is 11.8. The van der Waals surface area contributed by atoms with Crippen molar-refractivity contribution >= 4 is 17.5 Å². The summed E-state index contributed by atoms with van der Waals surface area (Å²) in [6, 6.07) is 13.8. The third-order valence-corrected chi connectivity index (χ3v) is 3.22. The number of benzene rings is 2. The third-order valence-electron chi connectivity index (χ3n) is 3.22. The third kappa shape index (κ3) is 5.88. The number of amidine groups is 1. The Hall–Kier alpha value is -3.22. The monoisotopic (exact) mass is 326 g/mol. The molecule has 2 aromatic carbocycles. The zero-order valence-electron chi connectivity index (χ0n) is 13.0. The van der Waals surface area contributed by atoms with Gasteiger partial charge in [-0.2, -0.15) is 0 Å². The molecule has 4 N–H and O–H groups in total. The number of aliphatic carboxylic acids is 1. The Kier molecular flexibility index (Phi) is 6.01. The number of aromatic hydroxyl groups is 1. The van der Waals surface area contributed by atoms with Crippen molar-refractivity contribution in [1.29, 1.82) is 0 Å². The summed E-state index contributed by atoms with van der Waals surface area (Å²) in [5, 5.41) is 29.3. The number of carboxylic acid groups (broad SMARTS) is 1. The number of phenolic OH excluding ortho intramolecular Hbond substituents is 1. The van der Waals surface area contributed by atoms with Crippen LogP contribution in [0.1, 0.15) is 17.5 Å². The van der Waals surface area contributed by atoms with E-state index in [4.69, 9.17) is 10.8 Å². The largest absolute Gasteiger partial charge is 0.508 e. The van der Waals surface area contributed by atoms with E-state index in [1.807, 2.05) is 0 Å². The molecule has 0 aromatic heterocycles. The minimum Gasteiger partial charge on any atom is -0.508 e. The van der Waals surface area contributed by atoms with Crippen molar-refractivity contribution < 1.29 is 15.0 Å². The SMILES string of the molecule is N/C(Cc1ccc(O)cc1)=N\N=Nc1ccc(CCC(=O)O)cc1. The van der Waals surface area contributed by atoms with Crippen LogP contribution in [0.2, 0.25) is 0 Å². The number of nitrogens with zero attached hydrogens (tertiary/aromatic N) is 3. The molecule has 0 aliphatic carbocycles. The molecule has 2 rings (SSSR count). The lowest BCUT2D eigenvalue weighted by Gasteiger charge is -2.00. The maximum absolute atomic E-state index is 10.5. The summed E-state index contributed by atoms with van der Waals surface area (Å²) in [4.78, 5) is 10.5. The second kappa shape index (κ2) is 8.42. The molecule has 0 radical (unpaired) electrons. The summed E-state index contributed by atoms with van der Waals surface area (Å²) < 4.78 is 0. The highest BCUT2D eigenvalue weighted by molar-refractivity contribution is 5.82. The van der Waals surface area contributed by atoms with Crippen LogP contribution in [0, 0.1) is 0 Å². The second-order valence-corrected chi connectivity index (χ2v) is 5.18. The van der Waals surface area contributed by atoms with Crippen molar-refractivity contribution in [2.24, 2.45) is 21.2 Å². The van der Waals surface area contributed by atoms with E-state index in [1.165, 1.54) is 0 Å². The van der Waals surface area contributed by atoms with Gasteiger partial charge < -0.3 is 15.9 Å². The van der Waals surface area contributed by atoms with Crippen LogP contribution in [0.3, 0.4) is 0 Å². The van der Waals surface area contributed by atoms with E-state index in [9.17, 15) is 9.90 Å². The molecular formula is C17H18N4O3. The first-order valence-corrected chi connectivity index (χ1v) is 7.34. The first-order valence-electron chi connectivity index (χ1n) is 7.34. The lowest BCUT2D eigenvalue weighted by atomic mass is 10.1. The average molecular weight is 326 g/mol. The Labute approximate surface area is 139 Å². The van der Waals surface area contributed by atoms with Gasteiger partial charge in [0.2, 0.25) is 0 Å². The highest BCUT2D eigenvalue weighted by Crippen LogP contribution is 2.15. The van der Waals surface area contributed by atoms with Crippen molar-refractivity contribution in [1.82, 2.24) is 0 Å². The molecule has 0 unspecified atom stereocenters. The van der Waals surface area contributed by atoms with Crippen molar-refractivity contribution in [3.05, 3.63) is 59.7 Å². The molecule has 124 valence electrons. The van der Waals surface area contributed by atoms with Crippen molar-refractivity contribution in [3.63, 3.8) is 0 Å². The van der Waals surface area contributed by atoms with Gasteiger partial charge in [0.1, 0.15) is 11.6 Å². The number of phenols is 1. The van der Waals surface area contributed by atoms with Crippen LogP contribution in [-0.2, 0) is 17.6 Å². The smallest absolute Gasteiger partial charge is 0.303 e. The highest BCUT2D eigenvalue weighted by atomic mass is 16.4. The highest BCUT2D eigenvalue weighted by Gasteiger charge is 1.99. The number of carboxylic acids is 1. The predicted molar refractivity (Wildman–Crippen MR) is 90.3 cm³/mol. The minimum absolute atomic E-state index is 0.0962. The fourth-order valence-corrected chi connectivity index (χ4v) is 1.97. The molecule has 0 aliphatic heterocycles. The van der Waals surface area contributed by atoms with Crippen LogP contribution in [-0.4, -0.2) is 22.0 Å². The summed E-state index contributed by atoms with van der Waals surface area (Å²) in [5.41, 5.74) is 8.22. The Morgan fingerprint density at radius 3 is 2.25 bits per heavy atom. The molecule has 0 heterocycles. The molecular weight excluding hydrogens is 308 g/mol. The fraction of sp³-hybridized carbons (Fsp3) is 0.176. The Bertz CT molecular complexity index is 737. The molecule has 0 spiro atoms. The van der Waals surface area contributed by atoms with Gasteiger partial charge in [-0.25, -0.2) is 0 Å². The maximum Gasteiger partial charge on any atom is 0.303 e. The molecule has 0 bridgehead atoms. The van der Waals surface area contributed by atoms with Crippen LogP contribution in [0.25, 0.3) is 0 Å². The molecule has 0 atom stereocenters. The number of nitrogens with two attached hydrogens (primary N) is 1. The Morgan fingerprint density at radius 2 is 1.62 bits per heavy atom. The lowest BCUT2D eigenvalue weighted by Crippen LogP contribution is -2.14. The minimum atomic E-state index is -0.822. The molecule has 7 heteroatoms. The number of carbonyl (C=O) groups is 1. The van der Waals surface area contributed by atoms with E-state index in [1.54, 1.807) is 48.5 Å². The molecule has 2 aromatic rings. The van der Waals surface area contributed by atoms with Gasteiger partial charge in [-0.3, -0.25) is 4.79 Å². The average Bonchev–Trinajstić information content (AvgIpc) is 2.56. The quantitative estimate of drug-likeness (QED) is 0.313. The van der Waals surface area contributed by atoms with Crippen molar-refractivity contribution in [2.75, 3.05) is 0 Å². The summed E-state index contributed by atoms with van der Waals surface area (Å²) in [6.07, 6.45) is 0.983. The van der Waals surface area contributed by atoms with Crippen LogP contribution in [0.5, 0.6) is 5.75 Å². The Balaban J connectivity index is 1.89. The van der Waals surface area contributed by atoms with E-state index < -0.39 is 5.97 Å².